The number of aliphatic hydroxyl groups excluding tert-OH is 1. The van der Waals surface area contributed by atoms with Crippen LogP contribution in [0, 0.1) is 0 Å². The van der Waals surface area contributed by atoms with Crippen molar-refractivity contribution < 1.29 is 66.3 Å². The number of hydrogen-bond acceptors (Lipinski definition) is 11. The molecule has 16 heteroatoms. The summed E-state index contributed by atoms with van der Waals surface area (Å²) in [6, 6.07) is 0. The van der Waals surface area contributed by atoms with Gasteiger partial charge >= 0.3 is 27.6 Å². The Bertz CT molecular complexity index is 1350. The van der Waals surface area contributed by atoms with Gasteiger partial charge in [-0.25, -0.2) is 9.13 Å². The van der Waals surface area contributed by atoms with E-state index in [1.165, 1.54) is 32.1 Å². The highest BCUT2D eigenvalue weighted by atomic mass is 31.2. The van der Waals surface area contributed by atoms with E-state index in [4.69, 9.17) is 23.8 Å². The van der Waals surface area contributed by atoms with Crippen LogP contribution in [0.15, 0.2) is 60.8 Å². The lowest BCUT2D eigenvalue weighted by Crippen LogP contribution is -2.30. The number of esters is 2. The molecule has 0 amide bonds. The van der Waals surface area contributed by atoms with Crippen LogP contribution in [0.5, 0.6) is 0 Å². The molecule has 0 aromatic carbocycles. The summed E-state index contributed by atoms with van der Waals surface area (Å²) >= 11 is 0. The topological polar surface area (TPSA) is 212 Å². The first-order valence-electron chi connectivity index (χ1n) is 21.9. The van der Waals surface area contributed by atoms with Crippen LogP contribution in [0.4, 0.5) is 0 Å². The van der Waals surface area contributed by atoms with Crippen molar-refractivity contribution in [3.63, 3.8) is 0 Å². The number of unbranched alkanes of at least 4 members (excludes halogenated alkanes) is 14. The van der Waals surface area contributed by atoms with Crippen LogP contribution in [0.2, 0.25) is 0 Å². The number of phosphoric acid groups is 2. The maximum Gasteiger partial charge on any atom is 0.472 e. The van der Waals surface area contributed by atoms with E-state index >= 15 is 0 Å². The SMILES string of the molecule is CCCCC/C=C\C=C\C(=O)CCCCCCCC(=O)OC[C@H](COP(=O)(O)OC[C@@H](O)COP(=O)(O)O)OC(=O)CCCCCC/C=C\C/C=C\C/C=C\CCCCC. The molecule has 0 radical (unpaired) electrons. The second kappa shape index (κ2) is 39.3. The average Bonchev–Trinajstić information content (AvgIpc) is 3.20. The van der Waals surface area contributed by atoms with E-state index < -0.39 is 66.2 Å². The fraction of sp³-hybridized carbons (Fsp3) is 0.705. The van der Waals surface area contributed by atoms with Gasteiger partial charge in [0.25, 0.3) is 0 Å². The lowest BCUT2D eigenvalue weighted by molar-refractivity contribution is -0.161. The second-order valence-corrected chi connectivity index (χ2v) is 17.3. The van der Waals surface area contributed by atoms with Crippen molar-refractivity contribution in [3.8, 4) is 0 Å². The van der Waals surface area contributed by atoms with Crippen molar-refractivity contribution >= 4 is 33.4 Å². The number of carbonyl (C=O) groups excluding carboxylic acids is 3. The average molecular weight is 891 g/mol. The molecule has 0 aliphatic heterocycles. The molecule has 0 aromatic rings. The summed E-state index contributed by atoms with van der Waals surface area (Å²) in [5, 5.41) is 9.74. The maximum absolute atomic E-state index is 12.7. The largest absolute Gasteiger partial charge is 0.472 e. The number of ketones is 1. The molecule has 0 spiro atoms. The zero-order valence-corrected chi connectivity index (χ0v) is 38.1. The van der Waals surface area contributed by atoms with Crippen molar-refractivity contribution in [2.75, 3.05) is 26.4 Å². The number of rotatable bonds is 41. The summed E-state index contributed by atoms with van der Waals surface area (Å²) < 4.78 is 47.7. The molecule has 0 saturated heterocycles. The molecule has 0 aliphatic rings. The van der Waals surface area contributed by atoms with Gasteiger partial charge in [0, 0.05) is 19.3 Å². The van der Waals surface area contributed by atoms with E-state index in [0.717, 1.165) is 83.5 Å². The number of carbonyl (C=O) groups is 3. The third-order valence-electron chi connectivity index (χ3n) is 8.85. The molecule has 0 heterocycles. The zero-order valence-electron chi connectivity index (χ0n) is 36.3. The van der Waals surface area contributed by atoms with Gasteiger partial charge in [-0.3, -0.25) is 28.0 Å². The van der Waals surface area contributed by atoms with Crippen LogP contribution in [0.25, 0.3) is 0 Å². The van der Waals surface area contributed by atoms with Crippen LogP contribution in [-0.2, 0) is 46.6 Å². The molecule has 0 bridgehead atoms. The molecule has 0 aliphatic carbocycles. The molecule has 60 heavy (non-hydrogen) atoms. The molecule has 14 nitrogen and oxygen atoms in total. The van der Waals surface area contributed by atoms with Crippen LogP contribution < -0.4 is 0 Å². The smallest absolute Gasteiger partial charge is 0.462 e. The molecule has 346 valence electrons. The summed E-state index contributed by atoms with van der Waals surface area (Å²) in [5.74, 6) is -1.07. The highest BCUT2D eigenvalue weighted by Gasteiger charge is 2.28. The molecule has 0 saturated carbocycles. The first-order chi connectivity index (χ1) is 28.8. The number of aliphatic hydroxyl groups is 1. The monoisotopic (exact) mass is 890 g/mol. The summed E-state index contributed by atoms with van der Waals surface area (Å²) in [6.07, 6.45) is 37.4. The van der Waals surface area contributed by atoms with Gasteiger partial charge < -0.3 is 29.3 Å². The minimum absolute atomic E-state index is 0.0786. The molecule has 3 atom stereocenters. The zero-order chi connectivity index (χ0) is 44.6. The Balaban J connectivity index is 4.65. The molecule has 1 unspecified atom stereocenters. The van der Waals surface area contributed by atoms with E-state index in [-0.39, 0.29) is 18.6 Å². The number of allylic oxidation sites excluding steroid dienone is 10. The van der Waals surface area contributed by atoms with Gasteiger partial charge in [0.2, 0.25) is 0 Å². The molecule has 4 N–H and O–H groups in total. The highest BCUT2D eigenvalue weighted by molar-refractivity contribution is 7.47. The molecular weight excluding hydrogens is 814 g/mol. The van der Waals surface area contributed by atoms with Crippen molar-refractivity contribution in [1.82, 2.24) is 0 Å². The van der Waals surface area contributed by atoms with Crippen LogP contribution in [-0.4, -0.2) is 76.1 Å². The van der Waals surface area contributed by atoms with Crippen LogP contribution >= 0.6 is 15.6 Å². The third-order valence-corrected chi connectivity index (χ3v) is 10.3. The Hall–Kier alpha value is -2.51. The third kappa shape index (κ3) is 42.2. The van der Waals surface area contributed by atoms with Gasteiger partial charge in [0.15, 0.2) is 11.9 Å². The normalized spacial score (nSPS) is 14.5. The fourth-order valence-corrected chi connectivity index (χ4v) is 6.61. The molecule has 0 fully saturated rings. The summed E-state index contributed by atoms with van der Waals surface area (Å²) in [7, 11) is -9.72. The van der Waals surface area contributed by atoms with Gasteiger partial charge in [-0.2, -0.15) is 0 Å². The lowest BCUT2D eigenvalue weighted by Gasteiger charge is -2.20. The summed E-state index contributed by atoms with van der Waals surface area (Å²) in [4.78, 5) is 64.7. The van der Waals surface area contributed by atoms with E-state index in [9.17, 15) is 33.5 Å². The van der Waals surface area contributed by atoms with E-state index in [0.29, 0.717) is 19.3 Å². The molecule has 0 rings (SSSR count). The Morgan fingerprint density at radius 1 is 0.533 bits per heavy atom. The molecule has 0 aromatic heterocycles. The Kier molecular flexibility index (Phi) is 37.7. The van der Waals surface area contributed by atoms with Gasteiger partial charge in [-0.05, 0) is 76.7 Å². The minimum atomic E-state index is -4.88. The maximum atomic E-state index is 12.7. The highest BCUT2D eigenvalue weighted by Crippen LogP contribution is 2.43. The second-order valence-electron chi connectivity index (χ2n) is 14.6. The van der Waals surface area contributed by atoms with Gasteiger partial charge in [-0.1, -0.05) is 126 Å². The van der Waals surface area contributed by atoms with Crippen LogP contribution in [0.1, 0.15) is 162 Å². The first-order valence-corrected chi connectivity index (χ1v) is 25.0. The van der Waals surface area contributed by atoms with Crippen molar-refractivity contribution in [3.05, 3.63) is 60.8 Å². The van der Waals surface area contributed by atoms with Crippen LogP contribution in [0.3, 0.4) is 0 Å². The minimum Gasteiger partial charge on any atom is -0.462 e. The van der Waals surface area contributed by atoms with E-state index in [1.54, 1.807) is 12.2 Å². The number of phosphoric ester groups is 2. The van der Waals surface area contributed by atoms with Gasteiger partial charge in [0.1, 0.15) is 12.7 Å². The Labute approximate surface area is 359 Å². The fourth-order valence-electron chi connectivity index (χ4n) is 5.45. The number of hydrogen-bond donors (Lipinski definition) is 4. The number of ether oxygens (including phenoxy) is 2. The standard InChI is InChI=1S/C44H76O14P2/c1-3-5-7-9-11-12-13-14-15-16-17-18-19-20-22-26-31-35-44(48)58-42(39-57-60(52,53)56-37-41(46)36-55-59(49,50)51)38-54-43(47)34-30-27-23-25-29-33-40(45)32-28-24-21-10-8-6-4-2/h11-12,14-15,17-18,21,24,28,32,41-42,46H,3-10,13,16,19-20,22-23,25-27,29-31,33-39H2,1-2H3,(H,52,53)(H2,49,50,51)/b12-11-,15-14-,18-17-,24-21-,32-28+/t41-,42+/m0/s1. The lowest BCUT2D eigenvalue weighted by atomic mass is 10.1. The summed E-state index contributed by atoms with van der Waals surface area (Å²) in [6.45, 7) is 1.51. The Morgan fingerprint density at radius 3 is 1.62 bits per heavy atom. The predicted molar refractivity (Wildman–Crippen MR) is 235 cm³/mol. The van der Waals surface area contributed by atoms with E-state index in [1.807, 2.05) is 6.08 Å². The van der Waals surface area contributed by atoms with Crippen molar-refractivity contribution in [2.45, 2.75) is 174 Å². The van der Waals surface area contributed by atoms with Gasteiger partial charge in [-0.15, -0.1) is 0 Å². The Morgan fingerprint density at radius 2 is 1.02 bits per heavy atom. The predicted octanol–water partition coefficient (Wildman–Crippen LogP) is 10.4. The summed E-state index contributed by atoms with van der Waals surface area (Å²) in [5.41, 5.74) is 0. The first kappa shape index (κ1) is 57.5. The van der Waals surface area contributed by atoms with Gasteiger partial charge in [0.05, 0.1) is 19.8 Å². The quantitative estimate of drug-likeness (QED) is 0.0112. The van der Waals surface area contributed by atoms with E-state index in [2.05, 4.69) is 65.4 Å². The van der Waals surface area contributed by atoms with Crippen molar-refractivity contribution in [1.29, 1.82) is 0 Å². The molecular formula is C44H76O14P2. The van der Waals surface area contributed by atoms with Crippen molar-refractivity contribution in [2.24, 2.45) is 0 Å².